The number of anilines is 1. The Bertz CT molecular complexity index is 837. The summed E-state index contributed by atoms with van der Waals surface area (Å²) < 4.78 is 16.9. The van der Waals surface area contributed by atoms with Crippen molar-refractivity contribution in [2.24, 2.45) is 5.92 Å². The lowest BCUT2D eigenvalue weighted by Gasteiger charge is -2.14. The first kappa shape index (κ1) is 14.9. The molecule has 0 bridgehead atoms. The second kappa shape index (κ2) is 5.33. The third-order valence-corrected chi connectivity index (χ3v) is 3.90. The molecule has 0 saturated carbocycles. The molecule has 118 valence electrons. The highest BCUT2D eigenvalue weighted by Gasteiger charge is 2.25. The number of rotatable bonds is 4. The summed E-state index contributed by atoms with van der Waals surface area (Å²) in [5.74, 6) is -0.142. The summed E-state index contributed by atoms with van der Waals surface area (Å²) >= 11 is 0. The van der Waals surface area contributed by atoms with Crippen molar-refractivity contribution < 1.29 is 18.9 Å². The molecule has 10 nitrogen and oxygen atoms in total. The largest absolute Gasteiger partial charge is 0.469 e. The molecule has 1 aliphatic rings. The fraction of sp³-hybridized carbons (Fsp3) is 0.364. The molecule has 0 aliphatic heterocycles. The molecule has 2 aromatic heterocycles. The molecule has 2 heterocycles. The first-order chi connectivity index (χ1) is 10.3. The van der Waals surface area contributed by atoms with Crippen molar-refractivity contribution in [2.45, 2.75) is 12.5 Å². The molecule has 0 amide bonds. The number of phosphoric acid groups is 1. The van der Waals surface area contributed by atoms with Gasteiger partial charge in [-0.2, -0.15) is 4.98 Å². The maximum atomic E-state index is 11.7. The molecular formula is C11H14N5O5P. The van der Waals surface area contributed by atoms with Crippen LogP contribution in [0.3, 0.4) is 0 Å². The van der Waals surface area contributed by atoms with Crippen molar-refractivity contribution in [3.8, 4) is 0 Å². The summed E-state index contributed by atoms with van der Waals surface area (Å²) in [4.78, 5) is 39.6. The maximum Gasteiger partial charge on any atom is 0.469 e. The molecule has 2 aromatic rings. The van der Waals surface area contributed by atoms with E-state index >= 15 is 0 Å². The van der Waals surface area contributed by atoms with Crippen molar-refractivity contribution in [2.75, 3.05) is 12.3 Å². The van der Waals surface area contributed by atoms with Crippen LogP contribution >= 0.6 is 7.82 Å². The molecule has 11 heteroatoms. The van der Waals surface area contributed by atoms with Gasteiger partial charge in [0.05, 0.1) is 19.0 Å². The van der Waals surface area contributed by atoms with E-state index in [1.165, 1.54) is 6.33 Å². The highest BCUT2D eigenvalue weighted by Crippen LogP contribution is 2.38. The number of imidazole rings is 1. The molecule has 0 radical (unpaired) electrons. The maximum absolute atomic E-state index is 11.7. The number of nitrogen functional groups attached to an aromatic ring is 1. The molecule has 0 spiro atoms. The smallest absolute Gasteiger partial charge is 0.369 e. The number of nitrogens with two attached hydrogens (primary N) is 1. The number of H-pyrrole nitrogens is 1. The minimum Gasteiger partial charge on any atom is -0.369 e. The Morgan fingerprint density at radius 1 is 1.50 bits per heavy atom. The fourth-order valence-corrected chi connectivity index (χ4v) is 2.85. The van der Waals surface area contributed by atoms with Crippen LogP contribution in [0.4, 0.5) is 5.95 Å². The molecule has 0 fully saturated rings. The van der Waals surface area contributed by atoms with Gasteiger partial charge < -0.3 is 20.1 Å². The number of hydrogen-bond acceptors (Lipinski definition) is 6. The fourth-order valence-electron chi connectivity index (χ4n) is 2.46. The summed E-state index contributed by atoms with van der Waals surface area (Å²) in [6.45, 7) is -0.0833. The Hall–Kier alpha value is -2.00. The summed E-state index contributed by atoms with van der Waals surface area (Å²) in [7, 11) is -4.48. The number of aromatic amines is 1. The Kier molecular flexibility index (Phi) is 3.61. The molecule has 0 saturated heterocycles. The first-order valence-corrected chi connectivity index (χ1v) is 7.97. The van der Waals surface area contributed by atoms with Crippen LogP contribution in [0.15, 0.2) is 23.3 Å². The molecule has 1 aliphatic carbocycles. The second-order valence-corrected chi connectivity index (χ2v) is 6.25. The quantitative estimate of drug-likeness (QED) is 0.449. The molecule has 0 unspecified atom stereocenters. The predicted octanol–water partition coefficient (Wildman–Crippen LogP) is -0.0717. The van der Waals surface area contributed by atoms with E-state index in [4.69, 9.17) is 15.5 Å². The number of hydrogen-bond donors (Lipinski definition) is 4. The minimum atomic E-state index is -4.48. The summed E-state index contributed by atoms with van der Waals surface area (Å²) in [5.41, 5.74) is 5.69. The van der Waals surface area contributed by atoms with E-state index in [-0.39, 0.29) is 30.0 Å². The van der Waals surface area contributed by atoms with E-state index in [0.717, 1.165) is 0 Å². The van der Waals surface area contributed by atoms with Crippen LogP contribution in [0, 0.1) is 5.92 Å². The van der Waals surface area contributed by atoms with Crippen LogP contribution < -0.4 is 11.3 Å². The van der Waals surface area contributed by atoms with Gasteiger partial charge in [0.2, 0.25) is 5.95 Å². The summed E-state index contributed by atoms with van der Waals surface area (Å²) in [6.07, 6.45) is 5.71. The Morgan fingerprint density at radius 3 is 3.00 bits per heavy atom. The van der Waals surface area contributed by atoms with Gasteiger partial charge in [-0.1, -0.05) is 12.2 Å². The Morgan fingerprint density at radius 2 is 2.27 bits per heavy atom. The number of fused-ring (bicyclic) bond motifs is 1. The third kappa shape index (κ3) is 2.95. The van der Waals surface area contributed by atoms with Gasteiger partial charge in [0, 0.05) is 5.92 Å². The summed E-state index contributed by atoms with van der Waals surface area (Å²) in [6, 6.07) is -0.135. The lowest BCUT2D eigenvalue weighted by molar-refractivity contribution is 0.177. The lowest BCUT2D eigenvalue weighted by atomic mass is 10.1. The van der Waals surface area contributed by atoms with E-state index in [1.807, 2.05) is 12.2 Å². The van der Waals surface area contributed by atoms with Crippen LogP contribution in [-0.4, -0.2) is 35.9 Å². The van der Waals surface area contributed by atoms with Gasteiger partial charge in [0.15, 0.2) is 11.2 Å². The molecule has 3 rings (SSSR count). The van der Waals surface area contributed by atoms with E-state index < -0.39 is 13.4 Å². The topological polar surface area (TPSA) is 156 Å². The van der Waals surface area contributed by atoms with Crippen molar-refractivity contribution >= 4 is 24.9 Å². The number of allylic oxidation sites excluding steroid dienone is 1. The Balaban J connectivity index is 1.81. The average Bonchev–Trinajstić information content (AvgIpc) is 3.01. The van der Waals surface area contributed by atoms with Crippen LogP contribution in [-0.2, 0) is 9.09 Å². The highest BCUT2D eigenvalue weighted by molar-refractivity contribution is 7.46. The lowest BCUT2D eigenvalue weighted by Crippen LogP contribution is -2.14. The normalized spacial score (nSPS) is 21.7. The SMILES string of the molecule is Nc1nc2c(ncn2[C@@H]2C=C[C@H](COP(=O)(O)O)C2)c(=O)[nH]1. The molecule has 0 aromatic carbocycles. The minimum absolute atomic E-state index is 0.00242. The van der Waals surface area contributed by atoms with Crippen LogP contribution in [0.25, 0.3) is 11.2 Å². The van der Waals surface area contributed by atoms with Gasteiger partial charge in [-0.15, -0.1) is 0 Å². The van der Waals surface area contributed by atoms with E-state index in [2.05, 4.69) is 19.5 Å². The zero-order valence-electron chi connectivity index (χ0n) is 11.3. The van der Waals surface area contributed by atoms with Crippen LogP contribution in [0.1, 0.15) is 12.5 Å². The standard InChI is InChI=1S/C11H14N5O5P/c12-11-14-9-8(10(17)15-11)13-5-16(9)7-2-1-6(3-7)4-21-22(18,19)20/h1-2,5-7H,3-4H2,(H2,18,19,20)(H3,12,14,15,17)/t6-,7+/m0/s1. The zero-order valence-corrected chi connectivity index (χ0v) is 12.2. The van der Waals surface area contributed by atoms with Crippen LogP contribution in [0.5, 0.6) is 0 Å². The van der Waals surface area contributed by atoms with E-state index in [0.29, 0.717) is 12.1 Å². The molecular weight excluding hydrogens is 313 g/mol. The van der Waals surface area contributed by atoms with Gasteiger partial charge >= 0.3 is 7.82 Å². The van der Waals surface area contributed by atoms with Gasteiger partial charge in [-0.25, -0.2) is 9.55 Å². The Labute approximate surface area is 123 Å². The van der Waals surface area contributed by atoms with Crippen molar-refractivity contribution in [3.63, 3.8) is 0 Å². The van der Waals surface area contributed by atoms with Gasteiger partial charge in [-0.05, 0) is 6.42 Å². The number of nitrogens with one attached hydrogen (secondary N) is 1. The first-order valence-electron chi connectivity index (χ1n) is 6.44. The van der Waals surface area contributed by atoms with Gasteiger partial charge in [0.25, 0.3) is 5.56 Å². The van der Waals surface area contributed by atoms with Gasteiger partial charge in [0.1, 0.15) is 0 Å². The molecule has 22 heavy (non-hydrogen) atoms. The third-order valence-electron chi connectivity index (χ3n) is 3.41. The monoisotopic (exact) mass is 327 g/mol. The summed E-state index contributed by atoms with van der Waals surface area (Å²) in [5, 5.41) is 0. The van der Waals surface area contributed by atoms with Gasteiger partial charge in [-0.3, -0.25) is 14.3 Å². The van der Waals surface area contributed by atoms with E-state index in [1.54, 1.807) is 4.57 Å². The number of aromatic nitrogens is 4. The van der Waals surface area contributed by atoms with E-state index in [9.17, 15) is 9.36 Å². The predicted molar refractivity (Wildman–Crippen MR) is 76.8 cm³/mol. The molecule has 2 atom stereocenters. The van der Waals surface area contributed by atoms with Crippen molar-refractivity contribution in [1.82, 2.24) is 19.5 Å². The zero-order chi connectivity index (χ0) is 15.9. The highest BCUT2D eigenvalue weighted by atomic mass is 31.2. The number of nitrogens with zero attached hydrogens (tertiary/aromatic N) is 3. The molecule has 5 N–H and O–H groups in total. The second-order valence-electron chi connectivity index (χ2n) is 5.01. The van der Waals surface area contributed by atoms with Crippen molar-refractivity contribution in [3.05, 3.63) is 28.8 Å². The number of phosphoric ester groups is 1. The average molecular weight is 327 g/mol. The van der Waals surface area contributed by atoms with Crippen molar-refractivity contribution in [1.29, 1.82) is 0 Å². The van der Waals surface area contributed by atoms with Crippen LogP contribution in [0.2, 0.25) is 0 Å².